The van der Waals surface area contributed by atoms with Crippen LogP contribution >= 0.6 is 0 Å². The van der Waals surface area contributed by atoms with Gasteiger partial charge >= 0.3 is 5.97 Å². The quantitative estimate of drug-likeness (QED) is 0.826. The molecule has 0 spiro atoms. The first-order valence-corrected chi connectivity index (χ1v) is 6.82. The summed E-state index contributed by atoms with van der Waals surface area (Å²) in [5.41, 5.74) is 0.398. The standard InChI is InChI=1S/C16H21NO2/c1-2-10-16(15(18)19)11-6-7-12-17(16)13-14-8-4-3-5-9-14/h2-5,8-9H,1,6-7,10-13H2,(H,18,19). The van der Waals surface area contributed by atoms with E-state index in [1.165, 1.54) is 5.56 Å². The number of hydrogen-bond acceptors (Lipinski definition) is 2. The van der Waals surface area contributed by atoms with Crippen LogP contribution in [-0.2, 0) is 11.3 Å². The van der Waals surface area contributed by atoms with Crippen LogP contribution in [0.15, 0.2) is 43.0 Å². The smallest absolute Gasteiger partial charge is 0.324 e. The maximum absolute atomic E-state index is 11.8. The van der Waals surface area contributed by atoms with Crippen LogP contribution in [0.4, 0.5) is 0 Å². The minimum Gasteiger partial charge on any atom is -0.480 e. The summed E-state index contributed by atoms with van der Waals surface area (Å²) in [5, 5.41) is 9.68. The number of rotatable bonds is 5. The van der Waals surface area contributed by atoms with Crippen molar-refractivity contribution in [2.45, 2.75) is 37.8 Å². The Bertz CT molecular complexity index is 443. The van der Waals surface area contributed by atoms with E-state index in [1.807, 2.05) is 18.2 Å². The SMILES string of the molecule is C=CCC1(C(=O)O)CCCCN1Cc1ccccc1. The molecule has 0 bridgehead atoms. The first-order chi connectivity index (χ1) is 9.19. The molecule has 0 saturated carbocycles. The molecule has 3 nitrogen and oxygen atoms in total. The van der Waals surface area contributed by atoms with Gasteiger partial charge in [-0.3, -0.25) is 9.69 Å². The molecule has 1 aromatic rings. The van der Waals surface area contributed by atoms with E-state index in [1.54, 1.807) is 6.08 Å². The molecule has 1 fully saturated rings. The van der Waals surface area contributed by atoms with Crippen LogP contribution in [0.3, 0.4) is 0 Å². The lowest BCUT2D eigenvalue weighted by Gasteiger charge is -2.43. The van der Waals surface area contributed by atoms with Gasteiger partial charge in [-0.2, -0.15) is 0 Å². The van der Waals surface area contributed by atoms with Crippen molar-refractivity contribution in [3.8, 4) is 0 Å². The van der Waals surface area contributed by atoms with Crippen molar-refractivity contribution in [3.05, 3.63) is 48.6 Å². The predicted molar refractivity (Wildman–Crippen MR) is 75.9 cm³/mol. The van der Waals surface area contributed by atoms with Crippen molar-refractivity contribution < 1.29 is 9.90 Å². The predicted octanol–water partition coefficient (Wildman–Crippen LogP) is 3.07. The van der Waals surface area contributed by atoms with E-state index in [0.717, 1.165) is 19.4 Å². The zero-order valence-corrected chi connectivity index (χ0v) is 11.2. The third-order valence-electron chi connectivity index (χ3n) is 3.97. The van der Waals surface area contributed by atoms with Gasteiger partial charge in [0.25, 0.3) is 0 Å². The van der Waals surface area contributed by atoms with E-state index < -0.39 is 11.5 Å². The van der Waals surface area contributed by atoms with Crippen LogP contribution in [-0.4, -0.2) is 28.1 Å². The Labute approximate surface area is 114 Å². The van der Waals surface area contributed by atoms with Crippen LogP contribution in [0.25, 0.3) is 0 Å². The highest BCUT2D eigenvalue weighted by Crippen LogP contribution is 2.33. The van der Waals surface area contributed by atoms with Crippen LogP contribution in [0.5, 0.6) is 0 Å². The summed E-state index contributed by atoms with van der Waals surface area (Å²) >= 11 is 0. The average Bonchev–Trinajstić information content (AvgIpc) is 2.42. The molecule has 1 unspecified atom stereocenters. The van der Waals surface area contributed by atoms with E-state index in [-0.39, 0.29) is 0 Å². The summed E-state index contributed by atoms with van der Waals surface area (Å²) in [7, 11) is 0. The van der Waals surface area contributed by atoms with Gasteiger partial charge in [0.1, 0.15) is 5.54 Å². The van der Waals surface area contributed by atoms with Gasteiger partial charge in [-0.25, -0.2) is 0 Å². The Kier molecular flexibility index (Phi) is 4.38. The molecule has 0 amide bonds. The second-order valence-electron chi connectivity index (χ2n) is 5.19. The number of hydrogen-bond donors (Lipinski definition) is 1. The van der Waals surface area contributed by atoms with Gasteiger partial charge in [0.2, 0.25) is 0 Å². The number of likely N-dealkylation sites (tertiary alicyclic amines) is 1. The molecule has 1 aliphatic rings. The van der Waals surface area contributed by atoms with E-state index in [9.17, 15) is 9.90 Å². The minimum atomic E-state index is -0.768. The van der Waals surface area contributed by atoms with E-state index in [2.05, 4.69) is 23.6 Å². The molecule has 1 N–H and O–H groups in total. The number of nitrogens with zero attached hydrogens (tertiary/aromatic N) is 1. The summed E-state index contributed by atoms with van der Waals surface area (Å²) in [6, 6.07) is 10.1. The van der Waals surface area contributed by atoms with Crippen molar-refractivity contribution in [1.82, 2.24) is 4.90 Å². The largest absolute Gasteiger partial charge is 0.480 e. The van der Waals surface area contributed by atoms with Gasteiger partial charge < -0.3 is 5.11 Å². The van der Waals surface area contributed by atoms with Gasteiger partial charge in [-0.05, 0) is 37.8 Å². The first kappa shape index (κ1) is 13.8. The lowest BCUT2D eigenvalue weighted by molar-refractivity contribution is -0.154. The van der Waals surface area contributed by atoms with Crippen molar-refractivity contribution >= 4 is 5.97 Å². The topological polar surface area (TPSA) is 40.5 Å². The van der Waals surface area contributed by atoms with Crippen LogP contribution in [0.1, 0.15) is 31.2 Å². The number of carbonyl (C=O) groups is 1. The van der Waals surface area contributed by atoms with Gasteiger partial charge in [0.05, 0.1) is 0 Å². The zero-order valence-electron chi connectivity index (χ0n) is 11.2. The highest BCUT2D eigenvalue weighted by Gasteiger charge is 2.44. The summed E-state index contributed by atoms with van der Waals surface area (Å²) in [6.45, 7) is 5.27. The molecule has 3 heteroatoms. The monoisotopic (exact) mass is 259 g/mol. The Morgan fingerprint density at radius 3 is 2.74 bits per heavy atom. The molecule has 1 heterocycles. The Morgan fingerprint density at radius 2 is 2.11 bits per heavy atom. The molecule has 1 atom stereocenters. The molecule has 102 valence electrons. The zero-order chi connectivity index (χ0) is 13.7. The third-order valence-corrected chi connectivity index (χ3v) is 3.97. The molecule has 1 aromatic carbocycles. The Hall–Kier alpha value is -1.61. The molecular formula is C16H21NO2. The van der Waals surface area contributed by atoms with E-state index in [4.69, 9.17) is 0 Å². The fourth-order valence-corrected chi connectivity index (χ4v) is 2.93. The second kappa shape index (κ2) is 6.02. The summed E-state index contributed by atoms with van der Waals surface area (Å²) in [5.74, 6) is -0.719. The summed E-state index contributed by atoms with van der Waals surface area (Å²) in [6.07, 6.45) is 5.00. The fraction of sp³-hybridized carbons (Fsp3) is 0.438. The normalized spacial score (nSPS) is 24.0. The Balaban J connectivity index is 2.23. The van der Waals surface area contributed by atoms with Crippen LogP contribution < -0.4 is 0 Å². The third kappa shape index (κ3) is 2.87. The van der Waals surface area contributed by atoms with Crippen LogP contribution in [0, 0.1) is 0 Å². The maximum atomic E-state index is 11.8. The average molecular weight is 259 g/mol. The van der Waals surface area contributed by atoms with Crippen molar-refractivity contribution in [2.24, 2.45) is 0 Å². The van der Waals surface area contributed by atoms with Gasteiger partial charge in [0, 0.05) is 6.54 Å². The second-order valence-corrected chi connectivity index (χ2v) is 5.19. The maximum Gasteiger partial charge on any atom is 0.324 e. The van der Waals surface area contributed by atoms with Gasteiger partial charge in [-0.15, -0.1) is 6.58 Å². The molecule has 0 aromatic heterocycles. The number of carboxylic acid groups (broad SMARTS) is 1. The minimum absolute atomic E-state index is 0.509. The first-order valence-electron chi connectivity index (χ1n) is 6.82. The van der Waals surface area contributed by atoms with Gasteiger partial charge in [-0.1, -0.05) is 36.4 Å². The van der Waals surface area contributed by atoms with E-state index >= 15 is 0 Å². The molecular weight excluding hydrogens is 238 g/mol. The van der Waals surface area contributed by atoms with Crippen molar-refractivity contribution in [1.29, 1.82) is 0 Å². The number of piperidine rings is 1. The molecule has 1 aliphatic heterocycles. The lowest BCUT2D eigenvalue weighted by Crippen LogP contribution is -2.56. The summed E-state index contributed by atoms with van der Waals surface area (Å²) < 4.78 is 0. The van der Waals surface area contributed by atoms with E-state index in [0.29, 0.717) is 19.4 Å². The Morgan fingerprint density at radius 1 is 1.37 bits per heavy atom. The molecule has 1 saturated heterocycles. The van der Waals surface area contributed by atoms with Crippen molar-refractivity contribution in [2.75, 3.05) is 6.54 Å². The number of aliphatic carboxylic acids is 1. The summed E-state index contributed by atoms with van der Waals surface area (Å²) in [4.78, 5) is 13.9. The highest BCUT2D eigenvalue weighted by molar-refractivity contribution is 5.79. The van der Waals surface area contributed by atoms with Crippen LogP contribution in [0.2, 0.25) is 0 Å². The number of benzene rings is 1. The lowest BCUT2D eigenvalue weighted by atomic mass is 9.83. The molecule has 19 heavy (non-hydrogen) atoms. The fourth-order valence-electron chi connectivity index (χ4n) is 2.93. The molecule has 2 rings (SSSR count). The molecule has 0 radical (unpaired) electrons. The molecule has 0 aliphatic carbocycles. The number of carboxylic acids is 1. The highest BCUT2D eigenvalue weighted by atomic mass is 16.4. The van der Waals surface area contributed by atoms with Gasteiger partial charge in [0.15, 0.2) is 0 Å². The van der Waals surface area contributed by atoms with Crippen molar-refractivity contribution in [3.63, 3.8) is 0 Å².